The second-order valence-electron chi connectivity index (χ2n) is 14.0. The number of nitrogens with two attached hydrogens (primary N) is 6. The number of carbonyl (C=O) groups is 1. The number of fused-ring (bicyclic) bond motifs is 2. The summed E-state index contributed by atoms with van der Waals surface area (Å²) in [7, 11) is 3.04. The van der Waals surface area contributed by atoms with Gasteiger partial charge in [-0.3, -0.25) is 0 Å². The van der Waals surface area contributed by atoms with E-state index in [1.165, 1.54) is 14.2 Å². The van der Waals surface area contributed by atoms with Crippen molar-refractivity contribution in [2.24, 2.45) is 34.4 Å². The lowest BCUT2D eigenvalue weighted by Gasteiger charge is -2.48. The molecule has 2 heterocycles. The second-order valence-corrected chi connectivity index (χ2v) is 14.0. The molecule has 6 rings (SSSR count). The van der Waals surface area contributed by atoms with Crippen LogP contribution in [0.5, 0.6) is 23.0 Å². The minimum atomic E-state index is -2.29. The van der Waals surface area contributed by atoms with Gasteiger partial charge in [0.15, 0.2) is 0 Å². The summed E-state index contributed by atoms with van der Waals surface area (Å²) in [4.78, 5) is 37.9. The van der Waals surface area contributed by atoms with Crippen LogP contribution in [-0.4, -0.2) is 69.7 Å². The minimum Gasteiger partial charge on any atom is -0.496 e. The molecule has 0 aliphatic rings. The molecule has 17 heteroatoms. The van der Waals surface area contributed by atoms with Crippen LogP contribution < -0.4 is 64.6 Å². The van der Waals surface area contributed by atoms with Gasteiger partial charge >= 0.3 is 17.2 Å². The average molecular weight is 823 g/mol. The van der Waals surface area contributed by atoms with Crippen molar-refractivity contribution in [3.05, 3.63) is 131 Å². The summed E-state index contributed by atoms with van der Waals surface area (Å²) in [5.41, 5.74) is 32.3. The lowest BCUT2D eigenvalue weighted by molar-refractivity contribution is -0.141. The molecule has 0 radical (unpaired) electrons. The molecule has 0 unspecified atom stereocenters. The molecular formula is C43H46N6O11. The van der Waals surface area contributed by atoms with Gasteiger partial charge in [0.1, 0.15) is 77.1 Å². The van der Waals surface area contributed by atoms with E-state index in [9.17, 15) is 14.4 Å². The molecule has 0 atom stereocenters. The van der Waals surface area contributed by atoms with Gasteiger partial charge < -0.3 is 71.7 Å². The Hall–Kier alpha value is -6.57. The van der Waals surface area contributed by atoms with Crippen LogP contribution in [-0.2, 0) is 14.3 Å². The number of hydrogen-bond donors (Lipinski definition) is 6. The van der Waals surface area contributed by atoms with Gasteiger partial charge in [0.25, 0.3) is 0 Å². The highest BCUT2D eigenvalue weighted by atomic mass is 16.6. The molecule has 0 amide bonds. The molecule has 0 saturated carbocycles. The van der Waals surface area contributed by atoms with Crippen molar-refractivity contribution in [1.82, 2.24) is 0 Å². The van der Waals surface area contributed by atoms with Gasteiger partial charge in [-0.05, 0) is 48.5 Å². The first-order valence-corrected chi connectivity index (χ1v) is 18.4. The third-order valence-corrected chi connectivity index (χ3v) is 9.80. The fraction of sp³-hybridized carbons (Fsp3) is 0.233. The van der Waals surface area contributed by atoms with Gasteiger partial charge in [0.2, 0.25) is 0 Å². The third-order valence-electron chi connectivity index (χ3n) is 9.80. The summed E-state index contributed by atoms with van der Waals surface area (Å²) >= 11 is 0. The number of hydrogen-bond acceptors (Lipinski definition) is 17. The van der Waals surface area contributed by atoms with Gasteiger partial charge in [-0.1, -0.05) is 43.0 Å². The first kappa shape index (κ1) is 43.0. The lowest BCUT2D eigenvalue weighted by Crippen LogP contribution is -2.91. The Morgan fingerprint density at radius 3 is 1.55 bits per heavy atom. The Morgan fingerprint density at radius 2 is 1.10 bits per heavy atom. The highest BCUT2D eigenvalue weighted by molar-refractivity contribution is 5.85. The van der Waals surface area contributed by atoms with Gasteiger partial charge in [-0.25, -0.2) is 14.4 Å². The number of benzene rings is 4. The van der Waals surface area contributed by atoms with E-state index in [-0.39, 0.29) is 24.4 Å². The maximum absolute atomic E-state index is 13.1. The normalized spacial score (nSPS) is 12.1. The maximum atomic E-state index is 13.1. The van der Waals surface area contributed by atoms with E-state index in [0.717, 1.165) is 6.08 Å². The average Bonchev–Trinajstić information content (AvgIpc) is 3.24. The molecule has 0 spiro atoms. The Morgan fingerprint density at radius 1 is 0.650 bits per heavy atom. The van der Waals surface area contributed by atoms with Crippen molar-refractivity contribution >= 4 is 27.9 Å². The van der Waals surface area contributed by atoms with E-state index in [4.69, 9.17) is 71.7 Å². The van der Waals surface area contributed by atoms with Crippen molar-refractivity contribution < 1.29 is 42.1 Å². The molecule has 6 aromatic rings. The Balaban J connectivity index is 1.23. The summed E-state index contributed by atoms with van der Waals surface area (Å²) < 4.78 is 45.5. The summed E-state index contributed by atoms with van der Waals surface area (Å²) in [6, 6.07) is 27.5. The fourth-order valence-corrected chi connectivity index (χ4v) is 6.17. The molecule has 0 saturated heterocycles. The second kappa shape index (κ2) is 17.7. The minimum absolute atomic E-state index is 0.175. The highest BCUT2D eigenvalue weighted by Crippen LogP contribution is 2.32. The number of ether oxygens (including phenoxy) is 6. The summed E-state index contributed by atoms with van der Waals surface area (Å²) in [6.07, 6.45) is -0.0379. The molecule has 0 aliphatic carbocycles. The largest absolute Gasteiger partial charge is 0.496 e. The molecule has 0 fully saturated rings. The quantitative estimate of drug-likeness (QED) is 0.0314. The maximum Gasteiger partial charge on any atom is 0.344 e. The molecular weight excluding hydrogens is 777 g/mol. The van der Waals surface area contributed by atoms with E-state index in [0.29, 0.717) is 56.0 Å². The lowest BCUT2D eigenvalue weighted by atomic mass is 9.84. The van der Waals surface area contributed by atoms with Crippen LogP contribution in [0.4, 0.5) is 0 Å². The zero-order chi connectivity index (χ0) is 43.2. The van der Waals surface area contributed by atoms with Crippen LogP contribution in [0, 0.1) is 0 Å². The number of rotatable bonds is 18. The first-order valence-electron chi connectivity index (χ1n) is 18.4. The number of methoxy groups -OCH3 is 2. The molecule has 60 heavy (non-hydrogen) atoms. The molecule has 12 N–H and O–H groups in total. The van der Waals surface area contributed by atoms with Crippen molar-refractivity contribution in [2.45, 2.75) is 23.1 Å². The van der Waals surface area contributed by atoms with Crippen LogP contribution in [0.15, 0.2) is 128 Å². The Bertz CT molecular complexity index is 2490. The van der Waals surface area contributed by atoms with Crippen LogP contribution in [0.2, 0.25) is 0 Å². The van der Waals surface area contributed by atoms with Gasteiger partial charge in [0.05, 0.1) is 32.0 Å². The molecule has 2 aromatic heterocycles. The van der Waals surface area contributed by atoms with Gasteiger partial charge in [-0.15, -0.1) is 0 Å². The molecule has 0 bridgehead atoms. The monoisotopic (exact) mass is 822 g/mol. The SMILES string of the molecule is C=CC(=O)OCC(N)(N)C(N)(N)C(N)(N)COC(COc1ccc2cc(-c3ccccc3OC)c(=O)oc2c1)COc1ccc2cc(-c3ccccc3OC)c(=O)oc2c1. The standard InChI is InChI=1S/C43H46N6O11/c1-4-38(50)58-24-42(46,47)43(48,49)41(44,45)23-57-29(21-55-27-15-13-25-17-32(39(51)59-36(25)19-27)30-9-5-7-11-34(30)53-2)22-56-28-16-14-26-18-33(40(52)60-37(26)20-28)31-10-6-8-12-35(31)54-3/h4-20,29H,1,21-24,44-49H2,2-3H3. The number of esters is 1. The first-order chi connectivity index (χ1) is 28.6. The van der Waals surface area contributed by atoms with E-state index in [2.05, 4.69) is 6.58 Å². The van der Waals surface area contributed by atoms with Crippen molar-refractivity contribution in [3.63, 3.8) is 0 Å². The summed E-state index contributed by atoms with van der Waals surface area (Å²) in [5.74, 6) is 0.834. The van der Waals surface area contributed by atoms with E-state index < -0.39 is 53.5 Å². The van der Waals surface area contributed by atoms with E-state index in [1.54, 1.807) is 97.1 Å². The number of carbonyl (C=O) groups excluding carboxylic acids is 1. The van der Waals surface area contributed by atoms with E-state index in [1.807, 2.05) is 0 Å². The van der Waals surface area contributed by atoms with Crippen molar-refractivity contribution in [2.75, 3.05) is 40.6 Å². The predicted molar refractivity (Wildman–Crippen MR) is 224 cm³/mol. The molecule has 0 aliphatic heterocycles. The van der Waals surface area contributed by atoms with Crippen LogP contribution in [0.25, 0.3) is 44.2 Å². The van der Waals surface area contributed by atoms with E-state index >= 15 is 0 Å². The predicted octanol–water partition coefficient (Wildman–Crippen LogP) is 2.66. The summed E-state index contributed by atoms with van der Waals surface area (Å²) in [6.45, 7) is 1.75. The van der Waals surface area contributed by atoms with Crippen LogP contribution in [0.3, 0.4) is 0 Å². The molecule has 17 nitrogen and oxygen atoms in total. The molecule has 314 valence electrons. The Kier molecular flexibility index (Phi) is 12.7. The zero-order valence-corrected chi connectivity index (χ0v) is 32.9. The molecule has 4 aromatic carbocycles. The third kappa shape index (κ3) is 9.17. The van der Waals surface area contributed by atoms with Crippen molar-refractivity contribution in [1.29, 1.82) is 0 Å². The Labute approximate surface area is 343 Å². The smallest absolute Gasteiger partial charge is 0.344 e. The zero-order valence-electron chi connectivity index (χ0n) is 32.9. The van der Waals surface area contributed by atoms with Crippen LogP contribution >= 0.6 is 0 Å². The van der Waals surface area contributed by atoms with Crippen molar-refractivity contribution in [3.8, 4) is 45.3 Å². The van der Waals surface area contributed by atoms with Gasteiger partial charge in [-0.2, -0.15) is 0 Å². The summed E-state index contributed by atoms with van der Waals surface area (Å²) in [5, 5.41) is 1.25. The fourth-order valence-electron chi connectivity index (χ4n) is 6.17. The van der Waals surface area contributed by atoms with Gasteiger partial charge in [0, 0.05) is 40.1 Å². The van der Waals surface area contributed by atoms with Crippen LogP contribution in [0.1, 0.15) is 0 Å². The number of para-hydroxylation sites is 2. The highest BCUT2D eigenvalue weighted by Gasteiger charge is 2.53. The topological polar surface area (TPSA) is 289 Å².